The first kappa shape index (κ1) is 15.6. The number of aromatic hydroxyl groups is 1. The Kier molecular flexibility index (Phi) is 4.38. The van der Waals surface area contributed by atoms with E-state index >= 15 is 0 Å². The van der Waals surface area contributed by atoms with Crippen molar-refractivity contribution in [1.82, 2.24) is 9.80 Å². The number of aliphatic imine (C=N–C) groups is 1. The molecule has 3 rings (SSSR count). The largest absolute Gasteiger partial charge is 0.508 e. The Morgan fingerprint density at radius 2 is 1.87 bits per heavy atom. The zero-order valence-corrected chi connectivity index (χ0v) is 13.5. The molecule has 1 saturated heterocycles. The number of nitrogens with zero attached hydrogens (tertiary/aromatic N) is 3. The summed E-state index contributed by atoms with van der Waals surface area (Å²) in [6, 6.07) is 6.66. The lowest BCUT2D eigenvalue weighted by Gasteiger charge is -2.34. The number of hydrogen-bond donors (Lipinski definition) is 1. The van der Waals surface area contributed by atoms with Gasteiger partial charge < -0.3 is 14.9 Å². The molecule has 1 fully saturated rings. The van der Waals surface area contributed by atoms with Crippen LogP contribution in [0.15, 0.2) is 34.2 Å². The van der Waals surface area contributed by atoms with Gasteiger partial charge in [-0.3, -0.25) is 9.59 Å². The Bertz CT molecular complexity index is 689. The molecular weight excluding hydrogens is 314 g/mol. The van der Waals surface area contributed by atoms with Gasteiger partial charge in [0.2, 0.25) is 5.91 Å². The zero-order valence-electron chi connectivity index (χ0n) is 12.7. The van der Waals surface area contributed by atoms with E-state index in [1.54, 1.807) is 42.2 Å². The lowest BCUT2D eigenvalue weighted by molar-refractivity contribution is -0.130. The molecule has 0 atom stereocenters. The number of carbonyl (C=O) groups excluding carboxylic acids is 2. The molecule has 2 aliphatic rings. The Hall–Kier alpha value is -2.28. The molecule has 2 aliphatic heterocycles. The maximum atomic E-state index is 12.1. The van der Waals surface area contributed by atoms with Gasteiger partial charge >= 0.3 is 0 Å². The van der Waals surface area contributed by atoms with Crippen molar-refractivity contribution < 1.29 is 14.7 Å². The van der Waals surface area contributed by atoms with Crippen LogP contribution in [0.4, 0.5) is 0 Å². The third kappa shape index (κ3) is 3.56. The van der Waals surface area contributed by atoms with E-state index in [9.17, 15) is 14.7 Å². The van der Waals surface area contributed by atoms with Gasteiger partial charge in [-0.05, 0) is 35.5 Å². The molecule has 0 saturated carbocycles. The lowest BCUT2D eigenvalue weighted by Crippen LogP contribution is -2.49. The summed E-state index contributed by atoms with van der Waals surface area (Å²) in [5, 5.41) is 9.99. The standard InChI is InChI=1S/C16H17N3O3S/c1-11(20)18-6-8-19(9-7-18)16-17-15(22)14(23-16)10-12-2-4-13(21)5-3-12/h2-5,10,21H,6-9H2,1H3/b14-10-. The Balaban J connectivity index is 1.66. The molecule has 1 aromatic carbocycles. The van der Waals surface area contributed by atoms with Crippen molar-refractivity contribution in [2.75, 3.05) is 26.2 Å². The molecule has 0 aliphatic carbocycles. The van der Waals surface area contributed by atoms with Crippen LogP contribution in [0.3, 0.4) is 0 Å². The van der Waals surface area contributed by atoms with Gasteiger partial charge in [0.25, 0.3) is 5.91 Å². The van der Waals surface area contributed by atoms with Crippen molar-refractivity contribution in [2.24, 2.45) is 4.99 Å². The molecule has 0 aromatic heterocycles. The Morgan fingerprint density at radius 1 is 1.22 bits per heavy atom. The second kappa shape index (κ2) is 6.45. The number of carbonyl (C=O) groups is 2. The summed E-state index contributed by atoms with van der Waals surface area (Å²) in [7, 11) is 0. The number of amidine groups is 1. The van der Waals surface area contributed by atoms with Crippen LogP contribution in [0.1, 0.15) is 12.5 Å². The number of benzene rings is 1. The van der Waals surface area contributed by atoms with Crippen LogP contribution in [-0.4, -0.2) is 58.1 Å². The summed E-state index contributed by atoms with van der Waals surface area (Å²) in [6.45, 7) is 4.25. The van der Waals surface area contributed by atoms with Gasteiger partial charge in [0.05, 0.1) is 4.91 Å². The van der Waals surface area contributed by atoms with Gasteiger partial charge in [-0.25, -0.2) is 0 Å². The van der Waals surface area contributed by atoms with Gasteiger partial charge in [0.1, 0.15) is 5.75 Å². The summed E-state index contributed by atoms with van der Waals surface area (Å²) in [5.74, 6) is 0.0274. The van der Waals surface area contributed by atoms with Crippen LogP contribution in [0.25, 0.3) is 6.08 Å². The molecule has 120 valence electrons. The second-order valence-corrected chi connectivity index (χ2v) is 6.40. The van der Waals surface area contributed by atoms with Gasteiger partial charge in [-0.15, -0.1) is 0 Å². The van der Waals surface area contributed by atoms with E-state index in [2.05, 4.69) is 4.99 Å². The van der Waals surface area contributed by atoms with Gasteiger partial charge in [0, 0.05) is 33.1 Å². The molecule has 1 N–H and O–H groups in total. The first-order chi connectivity index (χ1) is 11.0. The first-order valence-corrected chi connectivity index (χ1v) is 8.16. The number of phenols is 1. The number of thioether (sulfide) groups is 1. The number of amides is 2. The first-order valence-electron chi connectivity index (χ1n) is 7.35. The lowest BCUT2D eigenvalue weighted by atomic mass is 10.2. The summed E-state index contributed by atoms with van der Waals surface area (Å²) >= 11 is 1.36. The van der Waals surface area contributed by atoms with Gasteiger partial charge in [-0.1, -0.05) is 12.1 Å². The molecule has 1 aromatic rings. The zero-order chi connectivity index (χ0) is 16.4. The summed E-state index contributed by atoms with van der Waals surface area (Å²) in [4.78, 5) is 31.9. The minimum Gasteiger partial charge on any atom is -0.508 e. The molecule has 23 heavy (non-hydrogen) atoms. The smallest absolute Gasteiger partial charge is 0.286 e. The highest BCUT2D eigenvalue weighted by Gasteiger charge is 2.28. The predicted octanol–water partition coefficient (Wildman–Crippen LogP) is 1.53. The fraction of sp³-hybridized carbons (Fsp3) is 0.312. The van der Waals surface area contributed by atoms with Crippen molar-refractivity contribution in [3.63, 3.8) is 0 Å². The Labute approximate surface area is 138 Å². The van der Waals surface area contributed by atoms with E-state index in [0.717, 1.165) is 5.56 Å². The van der Waals surface area contributed by atoms with E-state index in [0.29, 0.717) is 36.3 Å². The second-order valence-electron chi connectivity index (χ2n) is 5.39. The molecule has 2 amide bonds. The number of piperazine rings is 1. The van der Waals surface area contributed by atoms with Crippen molar-refractivity contribution in [3.05, 3.63) is 34.7 Å². The van der Waals surface area contributed by atoms with Crippen molar-refractivity contribution in [3.8, 4) is 5.75 Å². The average Bonchev–Trinajstić information content (AvgIpc) is 2.91. The minimum atomic E-state index is -0.243. The summed E-state index contributed by atoms with van der Waals surface area (Å²) < 4.78 is 0. The molecule has 0 spiro atoms. The maximum Gasteiger partial charge on any atom is 0.286 e. The highest BCUT2D eigenvalue weighted by molar-refractivity contribution is 8.18. The minimum absolute atomic E-state index is 0.0784. The normalized spacial score (nSPS) is 20.1. The van der Waals surface area contributed by atoms with Crippen molar-refractivity contribution in [2.45, 2.75) is 6.92 Å². The van der Waals surface area contributed by atoms with Crippen LogP contribution in [0, 0.1) is 0 Å². The quantitative estimate of drug-likeness (QED) is 0.790. The summed E-state index contributed by atoms with van der Waals surface area (Å²) in [6.07, 6.45) is 1.77. The SMILES string of the molecule is CC(=O)N1CCN(C2=NC(=O)/C(=C/c3ccc(O)cc3)S2)CC1. The fourth-order valence-electron chi connectivity index (χ4n) is 2.47. The monoisotopic (exact) mass is 331 g/mol. The van der Waals surface area contributed by atoms with Crippen LogP contribution in [0.2, 0.25) is 0 Å². The molecule has 0 radical (unpaired) electrons. The third-order valence-corrected chi connectivity index (χ3v) is 4.84. The van der Waals surface area contributed by atoms with Crippen LogP contribution < -0.4 is 0 Å². The van der Waals surface area contributed by atoms with Gasteiger partial charge in [-0.2, -0.15) is 4.99 Å². The van der Waals surface area contributed by atoms with E-state index in [4.69, 9.17) is 0 Å². The van der Waals surface area contributed by atoms with Crippen LogP contribution in [-0.2, 0) is 9.59 Å². The maximum absolute atomic E-state index is 12.1. The molecule has 6 nitrogen and oxygen atoms in total. The fourth-order valence-corrected chi connectivity index (χ4v) is 3.43. The van der Waals surface area contributed by atoms with E-state index in [1.807, 2.05) is 4.90 Å². The molecule has 2 heterocycles. The van der Waals surface area contributed by atoms with Crippen molar-refractivity contribution in [1.29, 1.82) is 0 Å². The molecular formula is C16H17N3O3S. The topological polar surface area (TPSA) is 73.2 Å². The molecule has 0 unspecified atom stereocenters. The highest BCUT2D eigenvalue weighted by Crippen LogP contribution is 2.30. The Morgan fingerprint density at radius 3 is 2.48 bits per heavy atom. The van der Waals surface area contributed by atoms with Crippen molar-refractivity contribution >= 4 is 34.8 Å². The number of rotatable bonds is 1. The predicted molar refractivity (Wildman–Crippen MR) is 89.9 cm³/mol. The van der Waals surface area contributed by atoms with E-state index < -0.39 is 0 Å². The number of hydrogen-bond acceptors (Lipinski definition) is 5. The van der Waals surface area contributed by atoms with Crippen LogP contribution in [0.5, 0.6) is 5.75 Å². The third-order valence-electron chi connectivity index (χ3n) is 3.80. The van der Waals surface area contributed by atoms with E-state index in [1.165, 1.54) is 11.8 Å². The number of phenolic OH excluding ortho intramolecular Hbond substituents is 1. The van der Waals surface area contributed by atoms with Crippen LogP contribution >= 0.6 is 11.8 Å². The van der Waals surface area contributed by atoms with E-state index in [-0.39, 0.29) is 17.6 Å². The average molecular weight is 331 g/mol. The summed E-state index contributed by atoms with van der Waals surface area (Å²) in [5.41, 5.74) is 0.844. The highest BCUT2D eigenvalue weighted by atomic mass is 32.2. The molecule has 0 bridgehead atoms. The molecule has 7 heteroatoms. The van der Waals surface area contributed by atoms with Gasteiger partial charge in [0.15, 0.2) is 5.17 Å².